The highest BCUT2D eigenvalue weighted by Gasteiger charge is 2.22. The number of nitrogens with one attached hydrogen (secondary N) is 2. The van der Waals surface area contributed by atoms with E-state index in [0.717, 1.165) is 51.4 Å². The lowest BCUT2D eigenvalue weighted by atomic mass is 10.1. The summed E-state index contributed by atoms with van der Waals surface area (Å²) in [5.74, 6) is 1.14. The fraction of sp³-hybridized carbons (Fsp3) is 0.909. The molecule has 2 saturated heterocycles. The van der Waals surface area contributed by atoms with Gasteiger partial charge in [0.05, 0.1) is 6.54 Å². The molecular formula is C22H45IN6O. The normalized spacial score (nSPS) is 19.2. The molecule has 7 nitrogen and oxygen atoms in total. The van der Waals surface area contributed by atoms with E-state index < -0.39 is 0 Å². The Kier molecular flexibility index (Phi) is 14.7. The Labute approximate surface area is 201 Å². The molecule has 2 aliphatic rings. The van der Waals surface area contributed by atoms with Crippen LogP contribution in [0, 0.1) is 0 Å². The van der Waals surface area contributed by atoms with Crippen LogP contribution in [0.5, 0.6) is 0 Å². The topological polar surface area (TPSA) is 63.2 Å². The number of halogens is 1. The van der Waals surface area contributed by atoms with Crippen molar-refractivity contribution in [1.82, 2.24) is 25.3 Å². The monoisotopic (exact) mass is 536 g/mol. The van der Waals surface area contributed by atoms with Crippen LogP contribution in [0.15, 0.2) is 4.99 Å². The Bertz CT molecular complexity index is 488. The number of unbranched alkanes of at least 4 members (excludes halogenated alkanes) is 2. The fourth-order valence-electron chi connectivity index (χ4n) is 4.08. The summed E-state index contributed by atoms with van der Waals surface area (Å²) in [5, 5.41) is 6.99. The van der Waals surface area contributed by atoms with Gasteiger partial charge in [0.15, 0.2) is 5.96 Å². The van der Waals surface area contributed by atoms with Crippen molar-refractivity contribution in [3.63, 3.8) is 0 Å². The van der Waals surface area contributed by atoms with E-state index >= 15 is 0 Å². The smallest absolute Gasteiger partial charge is 0.236 e. The number of carbonyl (C=O) groups excluding carboxylic acids is 1. The lowest BCUT2D eigenvalue weighted by Crippen LogP contribution is -2.50. The van der Waals surface area contributed by atoms with Crippen LogP contribution in [0.1, 0.15) is 58.3 Å². The van der Waals surface area contributed by atoms with Crippen molar-refractivity contribution in [3.8, 4) is 0 Å². The highest BCUT2D eigenvalue weighted by molar-refractivity contribution is 14.0. The third-order valence-electron chi connectivity index (χ3n) is 5.98. The molecule has 0 aliphatic carbocycles. The van der Waals surface area contributed by atoms with Crippen LogP contribution in [0.2, 0.25) is 0 Å². The maximum atomic E-state index is 11.9. The average molecular weight is 537 g/mol. The van der Waals surface area contributed by atoms with Crippen LogP contribution in [-0.4, -0.2) is 99.1 Å². The minimum absolute atomic E-state index is 0. The van der Waals surface area contributed by atoms with Gasteiger partial charge >= 0.3 is 0 Å². The second-order valence-electron chi connectivity index (χ2n) is 8.71. The molecule has 30 heavy (non-hydrogen) atoms. The Morgan fingerprint density at radius 1 is 1.00 bits per heavy atom. The highest BCUT2D eigenvalue weighted by Crippen LogP contribution is 2.11. The van der Waals surface area contributed by atoms with Gasteiger partial charge in [-0.1, -0.05) is 12.8 Å². The zero-order valence-electron chi connectivity index (χ0n) is 19.5. The molecule has 0 atom stereocenters. The number of piperidine rings is 2. The van der Waals surface area contributed by atoms with Crippen molar-refractivity contribution in [2.45, 2.75) is 64.3 Å². The van der Waals surface area contributed by atoms with Crippen molar-refractivity contribution in [2.24, 2.45) is 4.99 Å². The van der Waals surface area contributed by atoms with Crippen LogP contribution in [-0.2, 0) is 4.79 Å². The Morgan fingerprint density at radius 3 is 2.33 bits per heavy atom. The van der Waals surface area contributed by atoms with Gasteiger partial charge in [0, 0.05) is 46.3 Å². The SMILES string of the molecule is CCNC(=NCCCCCN1CCCCC1)NC1CCN(CC(=O)N(C)C)CC1.I. The predicted octanol–water partition coefficient (Wildman–Crippen LogP) is 2.37. The summed E-state index contributed by atoms with van der Waals surface area (Å²) >= 11 is 0. The maximum absolute atomic E-state index is 11.9. The fourth-order valence-corrected chi connectivity index (χ4v) is 4.08. The van der Waals surface area contributed by atoms with Gasteiger partial charge in [-0.05, 0) is 65.1 Å². The van der Waals surface area contributed by atoms with E-state index in [4.69, 9.17) is 4.99 Å². The van der Waals surface area contributed by atoms with Crippen LogP contribution < -0.4 is 10.6 Å². The molecule has 2 heterocycles. The average Bonchev–Trinajstić information content (AvgIpc) is 2.72. The van der Waals surface area contributed by atoms with Crippen LogP contribution in [0.4, 0.5) is 0 Å². The quantitative estimate of drug-likeness (QED) is 0.194. The Hall–Kier alpha value is -0.610. The molecule has 0 radical (unpaired) electrons. The maximum Gasteiger partial charge on any atom is 0.236 e. The number of hydrogen-bond acceptors (Lipinski definition) is 4. The molecule has 0 aromatic carbocycles. The minimum atomic E-state index is 0. The van der Waals surface area contributed by atoms with Crippen LogP contribution in [0.3, 0.4) is 0 Å². The lowest BCUT2D eigenvalue weighted by molar-refractivity contribution is -0.130. The molecule has 2 rings (SSSR count). The van der Waals surface area contributed by atoms with E-state index in [2.05, 4.69) is 27.4 Å². The van der Waals surface area contributed by atoms with Crippen LogP contribution >= 0.6 is 24.0 Å². The van der Waals surface area contributed by atoms with Crippen molar-refractivity contribution in [3.05, 3.63) is 0 Å². The largest absolute Gasteiger partial charge is 0.357 e. The molecule has 8 heteroatoms. The van der Waals surface area contributed by atoms with Crippen molar-refractivity contribution >= 4 is 35.8 Å². The van der Waals surface area contributed by atoms with E-state index in [1.54, 1.807) is 4.90 Å². The summed E-state index contributed by atoms with van der Waals surface area (Å²) in [7, 11) is 3.65. The van der Waals surface area contributed by atoms with E-state index in [1.165, 1.54) is 51.7 Å². The number of aliphatic imine (C=N–C) groups is 1. The number of carbonyl (C=O) groups is 1. The molecule has 0 unspecified atom stereocenters. The molecule has 2 aliphatic heterocycles. The Morgan fingerprint density at radius 2 is 1.70 bits per heavy atom. The van der Waals surface area contributed by atoms with Crippen molar-refractivity contribution in [1.29, 1.82) is 0 Å². The molecule has 2 fully saturated rings. The molecule has 0 spiro atoms. The third-order valence-corrected chi connectivity index (χ3v) is 5.98. The molecule has 0 bridgehead atoms. The number of likely N-dealkylation sites (N-methyl/N-ethyl adjacent to an activating group) is 1. The second-order valence-corrected chi connectivity index (χ2v) is 8.71. The lowest BCUT2D eigenvalue weighted by Gasteiger charge is -2.33. The second kappa shape index (κ2) is 16.1. The molecule has 176 valence electrons. The van der Waals surface area contributed by atoms with Gasteiger partial charge in [-0.2, -0.15) is 0 Å². The highest BCUT2D eigenvalue weighted by atomic mass is 127. The first-order valence-electron chi connectivity index (χ1n) is 11.8. The van der Waals surface area contributed by atoms with E-state index in [9.17, 15) is 4.79 Å². The first-order chi connectivity index (χ1) is 14.1. The standard InChI is InChI=1S/C22H44N6O.HI/c1-4-23-22(24-13-7-5-8-14-27-15-9-6-10-16-27)25-20-11-17-28(18-12-20)19-21(29)26(2)3;/h20H,4-19H2,1-3H3,(H2,23,24,25);1H. The minimum Gasteiger partial charge on any atom is -0.357 e. The Balaban J connectivity index is 0.00000450. The summed E-state index contributed by atoms with van der Waals surface area (Å²) in [6.07, 6.45) is 10.0. The van der Waals surface area contributed by atoms with Crippen molar-refractivity contribution in [2.75, 3.05) is 66.5 Å². The van der Waals surface area contributed by atoms with E-state index in [0.29, 0.717) is 12.6 Å². The number of rotatable bonds is 10. The first kappa shape index (κ1) is 27.4. The van der Waals surface area contributed by atoms with Gasteiger partial charge in [0.25, 0.3) is 0 Å². The third kappa shape index (κ3) is 11.1. The number of likely N-dealkylation sites (tertiary alicyclic amines) is 2. The van der Waals surface area contributed by atoms with Crippen LogP contribution in [0.25, 0.3) is 0 Å². The number of amides is 1. The summed E-state index contributed by atoms with van der Waals surface area (Å²) in [4.78, 5) is 23.2. The van der Waals surface area contributed by atoms with Gasteiger partial charge in [-0.3, -0.25) is 14.7 Å². The summed E-state index contributed by atoms with van der Waals surface area (Å²) < 4.78 is 0. The van der Waals surface area contributed by atoms with E-state index in [-0.39, 0.29) is 29.9 Å². The number of hydrogen-bond donors (Lipinski definition) is 2. The van der Waals surface area contributed by atoms with Gasteiger partial charge in [-0.25, -0.2) is 0 Å². The van der Waals surface area contributed by atoms with Crippen molar-refractivity contribution < 1.29 is 4.79 Å². The van der Waals surface area contributed by atoms with Gasteiger partial charge in [0.1, 0.15) is 0 Å². The van der Waals surface area contributed by atoms with Gasteiger partial charge in [-0.15, -0.1) is 24.0 Å². The predicted molar refractivity (Wildman–Crippen MR) is 137 cm³/mol. The zero-order valence-corrected chi connectivity index (χ0v) is 21.8. The molecule has 0 saturated carbocycles. The number of nitrogens with zero attached hydrogens (tertiary/aromatic N) is 4. The zero-order chi connectivity index (χ0) is 20.9. The van der Waals surface area contributed by atoms with Gasteiger partial charge in [0.2, 0.25) is 5.91 Å². The molecule has 0 aromatic rings. The summed E-state index contributed by atoms with van der Waals surface area (Å²) in [6, 6.07) is 0.442. The molecule has 0 aromatic heterocycles. The molecule has 2 N–H and O–H groups in total. The van der Waals surface area contributed by atoms with E-state index in [1.807, 2.05) is 14.1 Å². The molecular weight excluding hydrogens is 491 g/mol. The van der Waals surface area contributed by atoms with Gasteiger partial charge < -0.3 is 20.4 Å². The summed E-state index contributed by atoms with van der Waals surface area (Å²) in [5.41, 5.74) is 0. The number of guanidine groups is 1. The first-order valence-corrected chi connectivity index (χ1v) is 11.8. The molecule has 1 amide bonds. The summed E-state index contributed by atoms with van der Waals surface area (Å²) in [6.45, 7) is 10.2.